The van der Waals surface area contributed by atoms with Gasteiger partial charge in [-0.05, 0) is 52.4 Å². The maximum atomic E-state index is 11.9. The van der Waals surface area contributed by atoms with Gasteiger partial charge >= 0.3 is 5.97 Å². The van der Waals surface area contributed by atoms with E-state index in [4.69, 9.17) is 9.84 Å². The molecule has 0 unspecified atom stereocenters. The Labute approximate surface area is 123 Å². The zero-order valence-corrected chi connectivity index (χ0v) is 14.2. The van der Waals surface area contributed by atoms with Crippen molar-refractivity contribution in [2.45, 2.75) is 32.3 Å². The molecule has 0 atom stereocenters. The molecule has 0 bridgehead atoms. The third-order valence-corrected chi connectivity index (χ3v) is 4.79. The van der Waals surface area contributed by atoms with Crippen LogP contribution in [0.5, 0.6) is 0 Å². The highest BCUT2D eigenvalue weighted by Crippen LogP contribution is 2.15. The van der Waals surface area contributed by atoms with Crippen molar-refractivity contribution in [2.75, 3.05) is 6.61 Å². The van der Waals surface area contributed by atoms with Crippen LogP contribution in [0, 0.1) is 3.57 Å². The van der Waals surface area contributed by atoms with Crippen LogP contribution in [0.2, 0.25) is 25.7 Å². The molecule has 1 aromatic rings. The largest absolute Gasteiger partial charge is 0.462 e. The van der Waals surface area contributed by atoms with Crippen molar-refractivity contribution in [3.05, 3.63) is 32.9 Å². The number of hydrogen-bond acceptors (Lipinski definition) is 3. The molecule has 0 aromatic heterocycles. The summed E-state index contributed by atoms with van der Waals surface area (Å²) in [5, 5.41) is 9.10. The molecule has 0 fully saturated rings. The summed E-state index contributed by atoms with van der Waals surface area (Å²) in [6.07, 6.45) is 0. The van der Waals surface area contributed by atoms with Crippen LogP contribution < -0.4 is 0 Å². The zero-order chi connectivity index (χ0) is 13.8. The monoisotopic (exact) mass is 378 g/mol. The van der Waals surface area contributed by atoms with Gasteiger partial charge in [0, 0.05) is 11.6 Å². The van der Waals surface area contributed by atoms with E-state index < -0.39 is 8.07 Å². The second-order valence-corrected chi connectivity index (χ2v) is 12.3. The van der Waals surface area contributed by atoms with Gasteiger partial charge in [-0.25, -0.2) is 4.79 Å². The molecule has 1 aromatic carbocycles. The Bertz CT molecular complexity index is 427. The van der Waals surface area contributed by atoms with Gasteiger partial charge < -0.3 is 9.84 Å². The van der Waals surface area contributed by atoms with E-state index in [-0.39, 0.29) is 12.6 Å². The summed E-state index contributed by atoms with van der Waals surface area (Å²) >= 11 is 2.13. The average Bonchev–Trinajstić information content (AvgIpc) is 2.26. The van der Waals surface area contributed by atoms with Crippen LogP contribution >= 0.6 is 22.6 Å². The Hall–Kier alpha value is -0.403. The second-order valence-electron chi connectivity index (χ2n) is 5.45. The number of aliphatic hydroxyl groups excluding tert-OH is 1. The Morgan fingerprint density at radius 3 is 2.56 bits per heavy atom. The van der Waals surface area contributed by atoms with Gasteiger partial charge in [0.25, 0.3) is 0 Å². The first-order chi connectivity index (χ1) is 8.31. The minimum atomic E-state index is -1.17. The number of halogens is 1. The minimum absolute atomic E-state index is 0.0635. The molecule has 1 rings (SSSR count). The molecule has 0 saturated carbocycles. The number of carbonyl (C=O) groups is 1. The number of rotatable bonds is 5. The molecular formula is C13H19IO3Si. The topological polar surface area (TPSA) is 46.5 Å². The van der Waals surface area contributed by atoms with Gasteiger partial charge in [-0.2, -0.15) is 0 Å². The maximum absolute atomic E-state index is 11.9. The first kappa shape index (κ1) is 15.7. The normalized spacial score (nSPS) is 11.4. The van der Waals surface area contributed by atoms with E-state index in [2.05, 4.69) is 42.2 Å². The van der Waals surface area contributed by atoms with Gasteiger partial charge in [-0.3, -0.25) is 0 Å². The van der Waals surface area contributed by atoms with Gasteiger partial charge in [-0.15, -0.1) is 0 Å². The number of esters is 1. The Balaban J connectivity index is 2.64. The SMILES string of the molecule is C[Si](C)(C)CCOC(=O)c1cc(I)cc(CO)c1. The van der Waals surface area contributed by atoms with Crippen molar-refractivity contribution in [3.8, 4) is 0 Å². The van der Waals surface area contributed by atoms with Crippen LogP contribution in [-0.2, 0) is 11.3 Å². The zero-order valence-electron chi connectivity index (χ0n) is 11.0. The van der Waals surface area contributed by atoms with E-state index in [1.165, 1.54) is 0 Å². The molecule has 0 spiro atoms. The number of aliphatic hydroxyl groups is 1. The van der Waals surface area contributed by atoms with Crippen LogP contribution in [0.3, 0.4) is 0 Å². The number of carbonyl (C=O) groups excluding carboxylic acids is 1. The fourth-order valence-electron chi connectivity index (χ4n) is 1.39. The molecule has 100 valence electrons. The Morgan fingerprint density at radius 1 is 1.33 bits per heavy atom. The molecule has 0 heterocycles. The summed E-state index contributed by atoms with van der Waals surface area (Å²) in [5.41, 5.74) is 1.25. The van der Waals surface area contributed by atoms with Gasteiger partial charge in [0.1, 0.15) is 0 Å². The number of benzene rings is 1. The van der Waals surface area contributed by atoms with Crippen LogP contribution in [0.4, 0.5) is 0 Å². The van der Waals surface area contributed by atoms with Crippen LogP contribution in [0.25, 0.3) is 0 Å². The van der Waals surface area contributed by atoms with Gasteiger partial charge in [0.05, 0.1) is 18.8 Å². The fraction of sp³-hybridized carbons (Fsp3) is 0.462. The molecule has 0 saturated heterocycles. The first-order valence-electron chi connectivity index (χ1n) is 5.89. The second kappa shape index (κ2) is 6.67. The highest BCUT2D eigenvalue weighted by atomic mass is 127. The van der Waals surface area contributed by atoms with E-state index in [1.54, 1.807) is 12.1 Å². The van der Waals surface area contributed by atoms with Crippen molar-refractivity contribution in [3.63, 3.8) is 0 Å². The summed E-state index contributed by atoms with van der Waals surface area (Å²) in [6, 6.07) is 6.27. The molecule has 18 heavy (non-hydrogen) atoms. The standard InChI is InChI=1S/C13H19IO3Si/c1-18(2,3)5-4-17-13(16)11-6-10(9-15)7-12(14)8-11/h6-8,15H,4-5,9H2,1-3H3. The number of hydrogen-bond donors (Lipinski definition) is 1. The molecule has 0 radical (unpaired) electrons. The van der Waals surface area contributed by atoms with Crippen LogP contribution in [0.15, 0.2) is 18.2 Å². The smallest absolute Gasteiger partial charge is 0.338 e. The van der Waals surface area contributed by atoms with Gasteiger partial charge in [0.15, 0.2) is 0 Å². The van der Waals surface area contributed by atoms with E-state index in [0.717, 1.165) is 15.2 Å². The molecule has 0 amide bonds. The Morgan fingerprint density at radius 2 is 2.00 bits per heavy atom. The maximum Gasteiger partial charge on any atom is 0.338 e. The van der Waals surface area contributed by atoms with Crippen LogP contribution in [-0.4, -0.2) is 25.8 Å². The molecule has 5 heteroatoms. The summed E-state index contributed by atoms with van der Waals surface area (Å²) < 4.78 is 6.20. The molecular weight excluding hydrogens is 359 g/mol. The average molecular weight is 378 g/mol. The fourth-order valence-corrected chi connectivity index (χ4v) is 2.84. The van der Waals surface area contributed by atoms with E-state index in [1.807, 2.05) is 6.07 Å². The lowest BCUT2D eigenvalue weighted by atomic mass is 10.1. The molecule has 3 nitrogen and oxygen atoms in total. The van der Waals surface area contributed by atoms with Crippen molar-refractivity contribution < 1.29 is 14.6 Å². The van der Waals surface area contributed by atoms with E-state index >= 15 is 0 Å². The summed E-state index contributed by atoms with van der Waals surface area (Å²) in [5.74, 6) is -0.304. The van der Waals surface area contributed by atoms with E-state index in [0.29, 0.717) is 12.2 Å². The summed E-state index contributed by atoms with van der Waals surface area (Å²) in [7, 11) is -1.17. The predicted molar refractivity (Wildman–Crippen MR) is 83.5 cm³/mol. The highest BCUT2D eigenvalue weighted by Gasteiger charge is 2.15. The molecule has 0 aliphatic carbocycles. The molecule has 0 aliphatic heterocycles. The van der Waals surface area contributed by atoms with Crippen LogP contribution in [0.1, 0.15) is 15.9 Å². The highest BCUT2D eigenvalue weighted by molar-refractivity contribution is 14.1. The predicted octanol–water partition coefficient (Wildman–Crippen LogP) is 3.28. The third kappa shape index (κ3) is 5.49. The van der Waals surface area contributed by atoms with Crippen molar-refractivity contribution in [1.82, 2.24) is 0 Å². The van der Waals surface area contributed by atoms with Gasteiger partial charge in [-0.1, -0.05) is 19.6 Å². The lowest BCUT2D eigenvalue weighted by molar-refractivity contribution is 0.0525. The van der Waals surface area contributed by atoms with Crippen molar-refractivity contribution in [2.24, 2.45) is 0 Å². The lowest BCUT2D eigenvalue weighted by Crippen LogP contribution is -2.22. The lowest BCUT2D eigenvalue weighted by Gasteiger charge is -2.15. The molecule has 0 aliphatic rings. The Kier molecular flexibility index (Phi) is 5.80. The van der Waals surface area contributed by atoms with Crippen molar-refractivity contribution in [1.29, 1.82) is 0 Å². The van der Waals surface area contributed by atoms with Gasteiger partial charge in [0.2, 0.25) is 0 Å². The third-order valence-electron chi connectivity index (χ3n) is 2.46. The minimum Gasteiger partial charge on any atom is -0.462 e. The summed E-state index contributed by atoms with van der Waals surface area (Å²) in [6.45, 7) is 7.16. The number of ether oxygens (including phenoxy) is 1. The quantitative estimate of drug-likeness (QED) is 0.486. The van der Waals surface area contributed by atoms with Crippen molar-refractivity contribution >= 4 is 36.6 Å². The summed E-state index contributed by atoms with van der Waals surface area (Å²) in [4.78, 5) is 11.9. The van der Waals surface area contributed by atoms with E-state index in [9.17, 15) is 4.79 Å². The first-order valence-corrected chi connectivity index (χ1v) is 10.7. The molecule has 1 N–H and O–H groups in total.